The zero-order chi connectivity index (χ0) is 12.7. The van der Waals surface area contributed by atoms with Gasteiger partial charge in [-0.1, -0.05) is 17.7 Å². The normalized spacial score (nSPS) is 31.8. The monoisotopic (exact) mass is 287 g/mol. The Kier molecular flexibility index (Phi) is 3.52. The molecule has 1 aromatic carbocycles. The molecule has 1 aromatic rings. The predicted molar refractivity (Wildman–Crippen MR) is 72.6 cm³/mol. The molecule has 3 rings (SSSR count). The Morgan fingerprint density at radius 1 is 1.22 bits per heavy atom. The Morgan fingerprint density at radius 3 is 2.50 bits per heavy atom. The second-order valence-electron chi connectivity index (χ2n) is 5.37. The SMILES string of the molecule is Fc1cc(CN2C3CCC2CC(Cl)C3)ccc1Cl. The molecule has 1 nitrogen and oxygen atoms in total. The summed E-state index contributed by atoms with van der Waals surface area (Å²) in [6, 6.07) is 6.25. The molecule has 0 amide bonds. The minimum Gasteiger partial charge on any atom is -0.293 e. The topological polar surface area (TPSA) is 3.24 Å². The first kappa shape index (κ1) is 12.7. The highest BCUT2D eigenvalue weighted by Gasteiger charge is 2.39. The summed E-state index contributed by atoms with van der Waals surface area (Å²) in [6.07, 6.45) is 4.58. The van der Waals surface area contributed by atoms with E-state index >= 15 is 0 Å². The molecule has 2 aliphatic rings. The maximum Gasteiger partial charge on any atom is 0.142 e. The van der Waals surface area contributed by atoms with Crippen molar-refractivity contribution in [1.82, 2.24) is 4.90 Å². The predicted octanol–water partition coefficient (Wildman–Crippen LogP) is 4.21. The van der Waals surface area contributed by atoms with E-state index in [0.29, 0.717) is 17.5 Å². The first-order valence-electron chi connectivity index (χ1n) is 6.47. The van der Waals surface area contributed by atoms with Gasteiger partial charge < -0.3 is 0 Å². The highest BCUT2D eigenvalue weighted by molar-refractivity contribution is 6.30. The van der Waals surface area contributed by atoms with Gasteiger partial charge in [0.2, 0.25) is 0 Å². The van der Waals surface area contributed by atoms with E-state index in [1.807, 2.05) is 6.07 Å². The first-order chi connectivity index (χ1) is 8.63. The zero-order valence-corrected chi connectivity index (χ0v) is 11.6. The van der Waals surface area contributed by atoms with Gasteiger partial charge in [0.25, 0.3) is 0 Å². The van der Waals surface area contributed by atoms with Crippen LogP contribution in [0, 0.1) is 5.82 Å². The summed E-state index contributed by atoms with van der Waals surface area (Å²) in [7, 11) is 0. The van der Waals surface area contributed by atoms with Gasteiger partial charge in [-0.2, -0.15) is 0 Å². The lowest BCUT2D eigenvalue weighted by atomic mass is 10.0. The minimum atomic E-state index is -0.325. The van der Waals surface area contributed by atoms with E-state index in [4.69, 9.17) is 23.2 Å². The lowest BCUT2D eigenvalue weighted by molar-refractivity contribution is 0.134. The molecule has 0 aliphatic carbocycles. The minimum absolute atomic E-state index is 0.196. The van der Waals surface area contributed by atoms with E-state index in [1.165, 1.54) is 12.8 Å². The molecule has 0 spiro atoms. The molecule has 98 valence electrons. The van der Waals surface area contributed by atoms with Gasteiger partial charge >= 0.3 is 0 Å². The van der Waals surface area contributed by atoms with Gasteiger partial charge in [0, 0.05) is 24.0 Å². The van der Waals surface area contributed by atoms with E-state index in [9.17, 15) is 4.39 Å². The molecule has 2 unspecified atom stereocenters. The molecule has 2 heterocycles. The van der Waals surface area contributed by atoms with Crippen LogP contribution >= 0.6 is 23.2 Å². The van der Waals surface area contributed by atoms with Crippen molar-refractivity contribution in [3.8, 4) is 0 Å². The van der Waals surface area contributed by atoms with Crippen molar-refractivity contribution in [3.63, 3.8) is 0 Å². The van der Waals surface area contributed by atoms with Crippen LogP contribution in [0.15, 0.2) is 18.2 Å². The maximum atomic E-state index is 13.4. The van der Waals surface area contributed by atoms with E-state index < -0.39 is 0 Å². The summed E-state index contributed by atoms with van der Waals surface area (Å²) < 4.78 is 13.4. The lowest BCUT2D eigenvalue weighted by Gasteiger charge is -2.37. The summed E-state index contributed by atoms with van der Waals surface area (Å²) >= 11 is 12.0. The second-order valence-corrected chi connectivity index (χ2v) is 6.40. The number of hydrogen-bond acceptors (Lipinski definition) is 1. The van der Waals surface area contributed by atoms with Crippen LogP contribution in [0.4, 0.5) is 4.39 Å². The van der Waals surface area contributed by atoms with Crippen molar-refractivity contribution in [2.24, 2.45) is 0 Å². The smallest absolute Gasteiger partial charge is 0.142 e. The fraction of sp³-hybridized carbons (Fsp3) is 0.571. The van der Waals surface area contributed by atoms with Gasteiger partial charge in [0.15, 0.2) is 0 Å². The van der Waals surface area contributed by atoms with Crippen LogP contribution in [0.25, 0.3) is 0 Å². The highest BCUT2D eigenvalue weighted by Crippen LogP contribution is 2.38. The molecule has 2 atom stereocenters. The van der Waals surface area contributed by atoms with Gasteiger partial charge in [0.1, 0.15) is 5.82 Å². The van der Waals surface area contributed by atoms with Crippen LogP contribution in [-0.4, -0.2) is 22.4 Å². The molecular weight excluding hydrogens is 272 g/mol. The molecular formula is C14H16Cl2FN. The average Bonchev–Trinajstić information content (AvgIpc) is 2.58. The quantitative estimate of drug-likeness (QED) is 0.737. The molecule has 18 heavy (non-hydrogen) atoms. The third-order valence-electron chi connectivity index (χ3n) is 4.18. The maximum absolute atomic E-state index is 13.4. The van der Waals surface area contributed by atoms with Crippen molar-refractivity contribution in [2.45, 2.75) is 49.7 Å². The largest absolute Gasteiger partial charge is 0.293 e. The summed E-state index contributed by atoms with van der Waals surface area (Å²) in [5.74, 6) is -0.325. The van der Waals surface area contributed by atoms with E-state index in [0.717, 1.165) is 24.9 Å². The van der Waals surface area contributed by atoms with Gasteiger partial charge in [-0.25, -0.2) is 4.39 Å². The molecule has 2 bridgehead atoms. The van der Waals surface area contributed by atoms with Gasteiger partial charge in [-0.15, -0.1) is 11.6 Å². The van der Waals surface area contributed by atoms with Crippen molar-refractivity contribution >= 4 is 23.2 Å². The molecule has 0 radical (unpaired) electrons. The van der Waals surface area contributed by atoms with E-state index in [-0.39, 0.29) is 10.8 Å². The first-order valence-corrected chi connectivity index (χ1v) is 7.28. The summed E-state index contributed by atoms with van der Waals surface area (Å²) in [5, 5.41) is 0.516. The number of rotatable bonds is 2. The Morgan fingerprint density at radius 2 is 1.89 bits per heavy atom. The van der Waals surface area contributed by atoms with Crippen LogP contribution < -0.4 is 0 Å². The number of halogens is 3. The third kappa shape index (κ3) is 2.38. The average molecular weight is 288 g/mol. The highest BCUT2D eigenvalue weighted by atomic mass is 35.5. The van der Waals surface area contributed by atoms with Crippen molar-refractivity contribution in [3.05, 3.63) is 34.6 Å². The molecule has 0 N–H and O–H groups in total. The standard InChI is InChI=1S/C14H16Cl2FN/c15-10-6-11-2-3-12(7-10)18(11)8-9-1-4-13(16)14(17)5-9/h1,4-5,10-12H,2-3,6-8H2. The van der Waals surface area contributed by atoms with Crippen LogP contribution in [0.2, 0.25) is 5.02 Å². The summed E-state index contributed by atoms with van der Waals surface area (Å²) in [5.41, 5.74) is 1.00. The fourth-order valence-electron chi connectivity index (χ4n) is 3.31. The van der Waals surface area contributed by atoms with E-state index in [2.05, 4.69) is 4.90 Å². The summed E-state index contributed by atoms with van der Waals surface area (Å²) in [6.45, 7) is 0.813. The van der Waals surface area contributed by atoms with E-state index in [1.54, 1.807) is 12.1 Å². The lowest BCUT2D eigenvalue weighted by Crippen LogP contribution is -2.42. The Labute approximate surface area is 117 Å². The molecule has 2 saturated heterocycles. The number of benzene rings is 1. The molecule has 2 fully saturated rings. The van der Waals surface area contributed by atoms with Crippen LogP contribution in [-0.2, 0) is 6.54 Å². The number of fused-ring (bicyclic) bond motifs is 2. The van der Waals surface area contributed by atoms with Crippen molar-refractivity contribution in [2.75, 3.05) is 0 Å². The molecule has 0 saturated carbocycles. The molecule has 2 aliphatic heterocycles. The third-order valence-corrected chi connectivity index (χ3v) is 4.84. The van der Waals surface area contributed by atoms with Crippen molar-refractivity contribution < 1.29 is 4.39 Å². The molecule has 0 aromatic heterocycles. The Hall–Kier alpha value is -0.310. The van der Waals surface area contributed by atoms with Crippen LogP contribution in [0.3, 0.4) is 0 Å². The van der Waals surface area contributed by atoms with Gasteiger partial charge in [-0.3, -0.25) is 4.90 Å². The zero-order valence-electron chi connectivity index (χ0n) is 10.1. The Bertz CT molecular complexity index is 437. The Balaban J connectivity index is 1.75. The van der Waals surface area contributed by atoms with Crippen LogP contribution in [0.1, 0.15) is 31.2 Å². The number of nitrogens with zero attached hydrogens (tertiary/aromatic N) is 1. The number of hydrogen-bond donors (Lipinski definition) is 0. The fourth-order valence-corrected chi connectivity index (χ4v) is 3.84. The van der Waals surface area contributed by atoms with Gasteiger partial charge in [-0.05, 0) is 43.4 Å². The summed E-state index contributed by atoms with van der Waals surface area (Å²) in [4.78, 5) is 2.49. The van der Waals surface area contributed by atoms with Crippen LogP contribution in [0.5, 0.6) is 0 Å². The number of piperidine rings is 1. The number of alkyl halides is 1. The second kappa shape index (κ2) is 4.99. The van der Waals surface area contributed by atoms with Crippen molar-refractivity contribution in [1.29, 1.82) is 0 Å². The molecule has 4 heteroatoms. The van der Waals surface area contributed by atoms with Gasteiger partial charge in [0.05, 0.1) is 5.02 Å².